The summed E-state index contributed by atoms with van der Waals surface area (Å²) in [6.07, 6.45) is 1.75. The molecule has 0 saturated heterocycles. The highest BCUT2D eigenvalue weighted by Gasteiger charge is 2.14. The van der Waals surface area contributed by atoms with Crippen LogP contribution in [0.1, 0.15) is 25.2 Å². The van der Waals surface area contributed by atoms with E-state index in [1.54, 1.807) is 13.2 Å². The van der Waals surface area contributed by atoms with E-state index in [9.17, 15) is 5.26 Å². The third kappa shape index (κ3) is 3.48. The van der Waals surface area contributed by atoms with Crippen molar-refractivity contribution in [3.63, 3.8) is 0 Å². The second kappa shape index (κ2) is 7.10. The van der Waals surface area contributed by atoms with Crippen LogP contribution in [-0.2, 0) is 0 Å². The lowest BCUT2D eigenvalue weighted by molar-refractivity contribution is 0.229. The molecular formula is C20H19N3O2. The van der Waals surface area contributed by atoms with Gasteiger partial charge in [0, 0.05) is 5.56 Å². The highest BCUT2D eigenvalue weighted by molar-refractivity contribution is 5.91. The fourth-order valence-electron chi connectivity index (χ4n) is 2.56. The number of aromatic amines is 1. The average molecular weight is 333 g/mol. The summed E-state index contributed by atoms with van der Waals surface area (Å²) in [7, 11) is 1.60. The molecule has 0 amide bonds. The maximum absolute atomic E-state index is 9.61. The highest BCUT2D eigenvalue weighted by atomic mass is 16.5. The molecule has 3 rings (SSSR count). The summed E-state index contributed by atoms with van der Waals surface area (Å²) >= 11 is 0. The Morgan fingerprint density at radius 2 is 2.00 bits per heavy atom. The SMILES string of the molecule is COc1cccc(/C=C(/C#N)c2nc3ccccc3[nH]2)c1OC(C)C. The van der Waals surface area contributed by atoms with Gasteiger partial charge in [0.05, 0.1) is 29.8 Å². The molecule has 0 bridgehead atoms. The van der Waals surface area contributed by atoms with Crippen LogP contribution in [0.3, 0.4) is 0 Å². The minimum Gasteiger partial charge on any atom is -0.493 e. The van der Waals surface area contributed by atoms with Crippen molar-refractivity contribution in [3.05, 3.63) is 53.9 Å². The van der Waals surface area contributed by atoms with Crippen molar-refractivity contribution in [2.24, 2.45) is 0 Å². The van der Waals surface area contributed by atoms with E-state index in [-0.39, 0.29) is 6.10 Å². The molecule has 1 aromatic heterocycles. The van der Waals surface area contributed by atoms with E-state index in [1.807, 2.05) is 56.3 Å². The minimum atomic E-state index is -0.0137. The fraction of sp³-hybridized carbons (Fsp3) is 0.200. The number of aromatic nitrogens is 2. The lowest BCUT2D eigenvalue weighted by atomic mass is 10.1. The van der Waals surface area contributed by atoms with Gasteiger partial charge in [0.2, 0.25) is 0 Å². The number of hydrogen-bond donors (Lipinski definition) is 1. The zero-order valence-electron chi connectivity index (χ0n) is 14.4. The van der Waals surface area contributed by atoms with E-state index in [4.69, 9.17) is 9.47 Å². The molecule has 1 heterocycles. The molecule has 0 fully saturated rings. The van der Waals surface area contributed by atoms with Crippen LogP contribution in [0.2, 0.25) is 0 Å². The summed E-state index contributed by atoms with van der Waals surface area (Å²) < 4.78 is 11.3. The number of hydrogen-bond acceptors (Lipinski definition) is 4. The largest absolute Gasteiger partial charge is 0.493 e. The second-order valence-corrected chi connectivity index (χ2v) is 5.82. The number of allylic oxidation sites excluding steroid dienone is 1. The molecule has 5 heteroatoms. The van der Waals surface area contributed by atoms with Gasteiger partial charge in [-0.15, -0.1) is 0 Å². The number of H-pyrrole nitrogens is 1. The third-order valence-electron chi connectivity index (χ3n) is 3.65. The molecule has 0 atom stereocenters. The van der Waals surface area contributed by atoms with Gasteiger partial charge in [-0.05, 0) is 38.1 Å². The molecule has 0 aliphatic carbocycles. The lowest BCUT2D eigenvalue weighted by Gasteiger charge is -2.16. The molecule has 25 heavy (non-hydrogen) atoms. The van der Waals surface area contributed by atoms with Gasteiger partial charge in [-0.1, -0.05) is 24.3 Å². The molecular weight excluding hydrogens is 314 g/mol. The van der Waals surface area contributed by atoms with Crippen molar-refractivity contribution in [3.8, 4) is 17.6 Å². The number of imidazole rings is 1. The number of fused-ring (bicyclic) bond motifs is 1. The molecule has 0 radical (unpaired) electrons. The van der Waals surface area contributed by atoms with Crippen LogP contribution in [0.5, 0.6) is 11.5 Å². The summed E-state index contributed by atoms with van der Waals surface area (Å²) in [6.45, 7) is 3.90. The van der Waals surface area contributed by atoms with Crippen molar-refractivity contribution in [2.45, 2.75) is 20.0 Å². The number of ether oxygens (including phenoxy) is 2. The second-order valence-electron chi connectivity index (χ2n) is 5.82. The van der Waals surface area contributed by atoms with Crippen molar-refractivity contribution in [1.29, 1.82) is 5.26 Å². The van der Waals surface area contributed by atoms with Crippen LogP contribution in [-0.4, -0.2) is 23.2 Å². The summed E-state index contributed by atoms with van der Waals surface area (Å²) in [5.41, 5.74) is 2.91. The maximum Gasteiger partial charge on any atom is 0.168 e. The molecule has 0 unspecified atom stereocenters. The maximum atomic E-state index is 9.61. The molecule has 5 nitrogen and oxygen atoms in total. The predicted molar refractivity (Wildman–Crippen MR) is 98.3 cm³/mol. The van der Waals surface area contributed by atoms with Crippen molar-refractivity contribution >= 4 is 22.7 Å². The van der Waals surface area contributed by atoms with Gasteiger partial charge in [-0.25, -0.2) is 4.98 Å². The Bertz CT molecular complexity index is 931. The van der Waals surface area contributed by atoms with Crippen LogP contribution >= 0.6 is 0 Å². The highest BCUT2D eigenvalue weighted by Crippen LogP contribution is 2.34. The molecule has 1 N–H and O–H groups in total. The van der Waals surface area contributed by atoms with Crippen molar-refractivity contribution < 1.29 is 9.47 Å². The van der Waals surface area contributed by atoms with E-state index in [2.05, 4.69) is 16.0 Å². The predicted octanol–water partition coefficient (Wildman–Crippen LogP) is 4.42. The molecule has 0 aliphatic heterocycles. The minimum absolute atomic E-state index is 0.0137. The Hall–Kier alpha value is -3.26. The first-order valence-electron chi connectivity index (χ1n) is 8.03. The standard InChI is InChI=1S/C20H19N3O2/c1-13(2)25-19-14(7-6-10-18(19)24-3)11-15(12-21)20-22-16-8-4-5-9-17(16)23-20/h4-11,13H,1-3H3,(H,22,23)/b15-11-. The van der Waals surface area contributed by atoms with E-state index in [0.717, 1.165) is 16.6 Å². The van der Waals surface area contributed by atoms with Crippen LogP contribution in [0, 0.1) is 11.3 Å². The van der Waals surface area contributed by atoms with Gasteiger partial charge in [0.1, 0.15) is 11.9 Å². The summed E-state index contributed by atoms with van der Waals surface area (Å²) in [6, 6.07) is 15.5. The normalized spacial score (nSPS) is 11.6. The Labute approximate surface area is 146 Å². The molecule has 0 saturated carbocycles. The molecule has 0 spiro atoms. The Morgan fingerprint density at radius 3 is 2.68 bits per heavy atom. The van der Waals surface area contributed by atoms with Gasteiger partial charge in [-0.2, -0.15) is 5.26 Å². The number of benzene rings is 2. The third-order valence-corrected chi connectivity index (χ3v) is 3.65. The zero-order valence-corrected chi connectivity index (χ0v) is 14.4. The summed E-state index contributed by atoms with van der Waals surface area (Å²) in [5.74, 6) is 1.77. The van der Waals surface area contributed by atoms with Gasteiger partial charge >= 0.3 is 0 Å². The van der Waals surface area contributed by atoms with Crippen LogP contribution < -0.4 is 9.47 Å². The van der Waals surface area contributed by atoms with E-state index in [1.165, 1.54) is 0 Å². The van der Waals surface area contributed by atoms with E-state index in [0.29, 0.717) is 22.9 Å². The first kappa shape index (κ1) is 16.6. The van der Waals surface area contributed by atoms with Gasteiger partial charge in [0.15, 0.2) is 11.5 Å². The summed E-state index contributed by atoms with van der Waals surface area (Å²) in [4.78, 5) is 7.68. The molecule has 2 aromatic carbocycles. The number of para-hydroxylation sites is 3. The molecule has 126 valence electrons. The van der Waals surface area contributed by atoms with Crippen molar-refractivity contribution in [2.75, 3.05) is 7.11 Å². The Balaban J connectivity index is 2.09. The molecule has 3 aromatic rings. The first-order valence-corrected chi connectivity index (χ1v) is 8.03. The van der Waals surface area contributed by atoms with Crippen LogP contribution in [0.4, 0.5) is 0 Å². The van der Waals surface area contributed by atoms with Gasteiger partial charge in [0.25, 0.3) is 0 Å². The summed E-state index contributed by atoms with van der Waals surface area (Å²) in [5, 5.41) is 9.61. The average Bonchev–Trinajstić information content (AvgIpc) is 3.04. The topological polar surface area (TPSA) is 70.9 Å². The number of rotatable bonds is 5. The fourth-order valence-corrected chi connectivity index (χ4v) is 2.56. The number of nitrogens with zero attached hydrogens (tertiary/aromatic N) is 2. The van der Waals surface area contributed by atoms with Crippen LogP contribution in [0.15, 0.2) is 42.5 Å². The number of nitriles is 1. The van der Waals surface area contributed by atoms with Crippen LogP contribution in [0.25, 0.3) is 22.7 Å². The number of methoxy groups -OCH3 is 1. The smallest absolute Gasteiger partial charge is 0.168 e. The lowest BCUT2D eigenvalue weighted by Crippen LogP contribution is -2.08. The van der Waals surface area contributed by atoms with Crippen molar-refractivity contribution in [1.82, 2.24) is 9.97 Å². The monoisotopic (exact) mass is 333 g/mol. The molecule has 0 aliphatic rings. The quantitative estimate of drug-likeness (QED) is 0.702. The Morgan fingerprint density at radius 1 is 1.20 bits per heavy atom. The Kier molecular flexibility index (Phi) is 4.71. The van der Waals surface area contributed by atoms with E-state index >= 15 is 0 Å². The van der Waals surface area contributed by atoms with E-state index < -0.39 is 0 Å². The first-order chi connectivity index (χ1) is 12.1. The van der Waals surface area contributed by atoms with Gasteiger partial charge in [-0.3, -0.25) is 0 Å². The van der Waals surface area contributed by atoms with Gasteiger partial charge < -0.3 is 14.5 Å². The number of nitrogens with one attached hydrogen (secondary N) is 1. The zero-order chi connectivity index (χ0) is 17.8.